The molecular weight excluding hydrogens is 373 g/mol. The summed E-state index contributed by atoms with van der Waals surface area (Å²) in [6.45, 7) is 0.626. The van der Waals surface area contributed by atoms with Crippen molar-refractivity contribution < 1.29 is 22.5 Å². The van der Waals surface area contributed by atoms with Crippen molar-refractivity contribution in [1.82, 2.24) is 20.0 Å². The van der Waals surface area contributed by atoms with Crippen LogP contribution >= 0.6 is 11.6 Å². The van der Waals surface area contributed by atoms with Crippen LogP contribution in [0.25, 0.3) is 10.9 Å². The molecule has 10 heteroatoms. The van der Waals surface area contributed by atoms with Gasteiger partial charge in [-0.1, -0.05) is 16.8 Å². The SMILES string of the molecule is O=C(c1cc2cc(Cl)ccc2[nH]1)N1CC[C@@H](c2noc(C(F)(F)F)n2)C1. The summed E-state index contributed by atoms with van der Waals surface area (Å²) < 4.78 is 42.0. The molecule has 1 aliphatic rings. The van der Waals surface area contributed by atoms with Crippen LogP contribution in [0, 0.1) is 0 Å². The van der Waals surface area contributed by atoms with E-state index in [9.17, 15) is 18.0 Å². The van der Waals surface area contributed by atoms with E-state index in [0.29, 0.717) is 23.7 Å². The number of likely N-dealkylation sites (tertiary alicyclic amines) is 1. The lowest BCUT2D eigenvalue weighted by Crippen LogP contribution is -2.28. The van der Waals surface area contributed by atoms with Crippen LogP contribution in [0.5, 0.6) is 0 Å². The van der Waals surface area contributed by atoms with Crippen molar-refractivity contribution in [3.05, 3.63) is 46.7 Å². The van der Waals surface area contributed by atoms with Crippen LogP contribution in [-0.4, -0.2) is 39.0 Å². The maximum Gasteiger partial charge on any atom is 0.471 e. The van der Waals surface area contributed by atoms with Gasteiger partial charge in [-0.25, -0.2) is 0 Å². The Kier molecular flexibility index (Phi) is 3.91. The fraction of sp³-hybridized carbons (Fsp3) is 0.312. The van der Waals surface area contributed by atoms with E-state index in [1.165, 1.54) is 0 Å². The number of benzene rings is 1. The number of halogens is 4. The second kappa shape index (κ2) is 6.01. The second-order valence-corrected chi connectivity index (χ2v) is 6.54. The first-order valence-corrected chi connectivity index (χ1v) is 8.17. The molecule has 0 saturated carbocycles. The quantitative estimate of drug-likeness (QED) is 0.728. The Labute approximate surface area is 149 Å². The summed E-state index contributed by atoms with van der Waals surface area (Å²) in [6, 6.07) is 6.94. The first-order chi connectivity index (χ1) is 12.3. The third-order valence-corrected chi connectivity index (χ3v) is 4.57. The number of aromatic nitrogens is 3. The van der Waals surface area contributed by atoms with Crippen LogP contribution in [0.15, 0.2) is 28.8 Å². The van der Waals surface area contributed by atoms with Crippen LogP contribution in [0.1, 0.15) is 34.5 Å². The first-order valence-electron chi connectivity index (χ1n) is 7.79. The number of hydrogen-bond acceptors (Lipinski definition) is 4. The summed E-state index contributed by atoms with van der Waals surface area (Å²) in [5.74, 6) is -2.03. The number of fused-ring (bicyclic) bond motifs is 1. The standard InChI is InChI=1S/C16H12ClF3N4O2/c17-10-1-2-11-9(5-10)6-12(21-11)14(25)24-4-3-8(7-24)13-22-15(26-23-13)16(18,19)20/h1-2,5-6,8,21H,3-4,7H2/t8-/m1/s1. The van der Waals surface area contributed by atoms with Gasteiger partial charge in [0.1, 0.15) is 5.69 Å². The van der Waals surface area contributed by atoms with Crippen molar-refractivity contribution in [3.63, 3.8) is 0 Å². The molecule has 1 aromatic carbocycles. The molecule has 1 saturated heterocycles. The topological polar surface area (TPSA) is 75.0 Å². The number of nitrogens with zero attached hydrogens (tertiary/aromatic N) is 3. The zero-order valence-electron chi connectivity index (χ0n) is 13.2. The van der Waals surface area contributed by atoms with Crippen LogP contribution in [-0.2, 0) is 6.18 Å². The molecule has 0 aliphatic carbocycles. The zero-order chi connectivity index (χ0) is 18.5. The summed E-state index contributed by atoms with van der Waals surface area (Å²) in [5, 5.41) is 4.78. The molecule has 4 rings (SSSR count). The summed E-state index contributed by atoms with van der Waals surface area (Å²) in [6.07, 6.45) is -4.21. The van der Waals surface area contributed by atoms with Gasteiger partial charge in [-0.15, -0.1) is 0 Å². The van der Waals surface area contributed by atoms with Gasteiger partial charge in [0.05, 0.1) is 0 Å². The van der Waals surface area contributed by atoms with Crippen molar-refractivity contribution in [2.24, 2.45) is 0 Å². The van der Waals surface area contributed by atoms with E-state index in [1.54, 1.807) is 29.2 Å². The molecule has 0 bridgehead atoms. The van der Waals surface area contributed by atoms with E-state index < -0.39 is 18.0 Å². The van der Waals surface area contributed by atoms with E-state index in [1.807, 2.05) is 0 Å². The molecule has 6 nitrogen and oxygen atoms in total. The lowest BCUT2D eigenvalue weighted by Gasteiger charge is -2.14. The summed E-state index contributed by atoms with van der Waals surface area (Å²) >= 11 is 5.94. The lowest BCUT2D eigenvalue weighted by atomic mass is 10.1. The minimum absolute atomic E-state index is 0.0314. The van der Waals surface area contributed by atoms with Crippen LogP contribution in [0.2, 0.25) is 5.02 Å². The number of rotatable bonds is 2. The average molecular weight is 385 g/mol. The van der Waals surface area contributed by atoms with Crippen LogP contribution < -0.4 is 0 Å². The molecule has 2 aromatic heterocycles. The minimum Gasteiger partial charge on any atom is -0.351 e. The molecule has 1 fully saturated rings. The van der Waals surface area contributed by atoms with Crippen LogP contribution in [0.3, 0.4) is 0 Å². The molecule has 136 valence electrons. The highest BCUT2D eigenvalue weighted by Gasteiger charge is 2.40. The molecule has 0 radical (unpaired) electrons. The number of alkyl halides is 3. The molecule has 0 spiro atoms. The van der Waals surface area contributed by atoms with E-state index in [2.05, 4.69) is 19.6 Å². The average Bonchev–Trinajstić information content (AvgIpc) is 3.30. The normalized spacial score (nSPS) is 18.0. The van der Waals surface area contributed by atoms with Gasteiger partial charge in [0.2, 0.25) is 0 Å². The highest BCUT2D eigenvalue weighted by molar-refractivity contribution is 6.31. The Balaban J connectivity index is 1.50. The van der Waals surface area contributed by atoms with E-state index >= 15 is 0 Å². The molecular formula is C16H12ClF3N4O2. The van der Waals surface area contributed by atoms with Crippen molar-refractivity contribution in [2.75, 3.05) is 13.1 Å². The Morgan fingerprint density at radius 3 is 2.88 bits per heavy atom. The smallest absolute Gasteiger partial charge is 0.351 e. The first kappa shape index (κ1) is 16.9. The molecule has 1 N–H and O–H groups in total. The van der Waals surface area contributed by atoms with Crippen LogP contribution in [0.4, 0.5) is 13.2 Å². The number of amides is 1. The van der Waals surface area contributed by atoms with Gasteiger partial charge < -0.3 is 14.4 Å². The third kappa shape index (κ3) is 3.03. The summed E-state index contributed by atoms with van der Waals surface area (Å²) in [5.41, 5.74) is 1.17. The molecule has 1 atom stereocenters. The maximum absolute atomic E-state index is 12.7. The Morgan fingerprint density at radius 2 is 2.15 bits per heavy atom. The molecule has 1 aliphatic heterocycles. The van der Waals surface area contributed by atoms with Crippen molar-refractivity contribution in [2.45, 2.75) is 18.5 Å². The second-order valence-electron chi connectivity index (χ2n) is 6.11. The molecule has 0 unspecified atom stereocenters. The summed E-state index contributed by atoms with van der Waals surface area (Å²) in [4.78, 5) is 20.7. The number of carbonyl (C=O) groups is 1. The third-order valence-electron chi connectivity index (χ3n) is 4.34. The molecule has 3 heterocycles. The monoisotopic (exact) mass is 384 g/mol. The number of nitrogens with one attached hydrogen (secondary N) is 1. The van der Waals surface area contributed by atoms with E-state index in [-0.39, 0.29) is 18.3 Å². The van der Waals surface area contributed by atoms with Crippen molar-refractivity contribution >= 4 is 28.4 Å². The Morgan fingerprint density at radius 1 is 1.35 bits per heavy atom. The Bertz CT molecular complexity index is 981. The Hall–Kier alpha value is -2.55. The number of hydrogen-bond donors (Lipinski definition) is 1. The summed E-state index contributed by atoms with van der Waals surface area (Å²) in [7, 11) is 0. The fourth-order valence-corrected chi connectivity index (χ4v) is 3.24. The van der Waals surface area contributed by atoms with E-state index in [4.69, 9.17) is 11.6 Å². The predicted octanol–water partition coefficient (Wildman–Crippen LogP) is 3.85. The predicted molar refractivity (Wildman–Crippen MR) is 85.9 cm³/mol. The van der Waals surface area contributed by atoms with Crippen molar-refractivity contribution in [3.8, 4) is 0 Å². The fourth-order valence-electron chi connectivity index (χ4n) is 3.06. The van der Waals surface area contributed by atoms with Gasteiger partial charge >= 0.3 is 12.1 Å². The van der Waals surface area contributed by atoms with Crippen molar-refractivity contribution in [1.29, 1.82) is 0 Å². The maximum atomic E-state index is 12.7. The highest BCUT2D eigenvalue weighted by atomic mass is 35.5. The molecule has 1 amide bonds. The van der Waals surface area contributed by atoms with E-state index in [0.717, 1.165) is 10.9 Å². The largest absolute Gasteiger partial charge is 0.471 e. The van der Waals surface area contributed by atoms with Gasteiger partial charge in [-0.3, -0.25) is 4.79 Å². The van der Waals surface area contributed by atoms with Gasteiger partial charge in [-0.2, -0.15) is 18.2 Å². The number of carbonyl (C=O) groups excluding carboxylic acids is 1. The number of aromatic amines is 1. The highest BCUT2D eigenvalue weighted by Crippen LogP contribution is 2.31. The molecule has 26 heavy (non-hydrogen) atoms. The molecule has 3 aromatic rings. The minimum atomic E-state index is -4.68. The van der Waals surface area contributed by atoms with Gasteiger partial charge in [0.15, 0.2) is 5.82 Å². The van der Waals surface area contributed by atoms with Gasteiger partial charge in [0, 0.05) is 34.9 Å². The van der Waals surface area contributed by atoms with Gasteiger partial charge in [0.25, 0.3) is 5.91 Å². The zero-order valence-corrected chi connectivity index (χ0v) is 13.9. The number of H-pyrrole nitrogens is 1. The lowest BCUT2D eigenvalue weighted by molar-refractivity contribution is -0.159. The van der Waals surface area contributed by atoms with Gasteiger partial charge in [-0.05, 0) is 30.7 Å².